The monoisotopic (exact) mass is 484 g/mol. The molecule has 0 atom stereocenters. The van der Waals surface area contributed by atoms with Crippen LogP contribution in [-0.2, 0) is 14.8 Å². The summed E-state index contributed by atoms with van der Waals surface area (Å²) in [5.74, 6) is -0.710. The Kier molecular flexibility index (Phi) is 7.80. The van der Waals surface area contributed by atoms with E-state index in [2.05, 4.69) is 10.5 Å². The first-order valence-corrected chi connectivity index (χ1v) is 12.3. The molecule has 0 aromatic heterocycles. The van der Waals surface area contributed by atoms with Crippen molar-refractivity contribution in [2.45, 2.75) is 9.79 Å². The Bertz CT molecular complexity index is 1260. The van der Waals surface area contributed by atoms with Gasteiger partial charge in [-0.2, -0.15) is 5.10 Å². The van der Waals surface area contributed by atoms with Crippen LogP contribution in [-0.4, -0.2) is 38.3 Å². The number of nitro benzene ring substituents is 1. The third kappa shape index (κ3) is 5.96. The summed E-state index contributed by atoms with van der Waals surface area (Å²) in [7, 11) is -4.43. The van der Waals surface area contributed by atoms with E-state index in [-0.39, 0.29) is 5.69 Å². The second kappa shape index (κ2) is 10.7. The summed E-state index contributed by atoms with van der Waals surface area (Å²) in [6.07, 6.45) is 3.39. The van der Waals surface area contributed by atoms with Crippen LogP contribution in [0.1, 0.15) is 5.56 Å². The Labute approximate surface area is 195 Å². The quantitative estimate of drug-likeness (QED) is 0.214. The van der Waals surface area contributed by atoms with Gasteiger partial charge in [-0.15, -0.1) is 11.8 Å². The Morgan fingerprint density at radius 1 is 1.06 bits per heavy atom. The highest BCUT2D eigenvalue weighted by Crippen LogP contribution is 2.29. The van der Waals surface area contributed by atoms with Crippen molar-refractivity contribution in [3.8, 4) is 0 Å². The molecule has 0 aliphatic heterocycles. The molecule has 0 heterocycles. The van der Waals surface area contributed by atoms with Gasteiger partial charge in [-0.1, -0.05) is 42.5 Å². The van der Waals surface area contributed by atoms with Gasteiger partial charge in [0.15, 0.2) is 4.90 Å². The van der Waals surface area contributed by atoms with Crippen LogP contribution in [0.4, 0.5) is 11.4 Å². The third-order valence-electron chi connectivity index (χ3n) is 4.48. The van der Waals surface area contributed by atoms with E-state index >= 15 is 0 Å². The van der Waals surface area contributed by atoms with E-state index in [1.165, 1.54) is 30.5 Å². The molecule has 33 heavy (non-hydrogen) atoms. The van der Waals surface area contributed by atoms with Crippen LogP contribution >= 0.6 is 11.8 Å². The van der Waals surface area contributed by atoms with E-state index in [1.54, 1.807) is 30.0 Å². The zero-order valence-electron chi connectivity index (χ0n) is 17.5. The van der Waals surface area contributed by atoms with Crippen molar-refractivity contribution in [1.82, 2.24) is 5.43 Å². The number of sulfonamides is 1. The Balaban J connectivity index is 1.85. The second-order valence-electron chi connectivity index (χ2n) is 6.64. The van der Waals surface area contributed by atoms with Gasteiger partial charge >= 0.3 is 0 Å². The topological polar surface area (TPSA) is 122 Å². The van der Waals surface area contributed by atoms with Crippen LogP contribution in [0, 0.1) is 10.1 Å². The fourth-order valence-corrected chi connectivity index (χ4v) is 4.88. The maximum absolute atomic E-state index is 13.4. The number of nitro groups is 1. The van der Waals surface area contributed by atoms with Crippen molar-refractivity contribution in [3.05, 3.63) is 94.5 Å². The number of carbonyl (C=O) groups is 1. The molecule has 3 rings (SSSR count). The van der Waals surface area contributed by atoms with Crippen LogP contribution < -0.4 is 9.73 Å². The molecule has 0 fully saturated rings. The number of amides is 1. The molecule has 0 unspecified atom stereocenters. The zero-order valence-corrected chi connectivity index (χ0v) is 19.1. The van der Waals surface area contributed by atoms with Crippen molar-refractivity contribution >= 4 is 45.3 Å². The average molecular weight is 485 g/mol. The molecule has 11 heteroatoms. The normalized spacial score (nSPS) is 11.3. The van der Waals surface area contributed by atoms with E-state index in [9.17, 15) is 23.3 Å². The van der Waals surface area contributed by atoms with E-state index in [1.807, 2.05) is 30.5 Å². The summed E-state index contributed by atoms with van der Waals surface area (Å²) in [4.78, 5) is 23.7. The minimum atomic E-state index is -4.43. The van der Waals surface area contributed by atoms with Crippen LogP contribution in [0.5, 0.6) is 0 Å². The van der Waals surface area contributed by atoms with Gasteiger partial charge in [-0.05, 0) is 42.2 Å². The summed E-state index contributed by atoms with van der Waals surface area (Å²) < 4.78 is 27.5. The van der Waals surface area contributed by atoms with Crippen molar-refractivity contribution in [2.75, 3.05) is 17.1 Å². The summed E-state index contributed by atoms with van der Waals surface area (Å²) in [5.41, 5.74) is 2.66. The zero-order chi connectivity index (χ0) is 23.8. The number of hydrogen-bond donors (Lipinski definition) is 1. The maximum Gasteiger partial charge on any atom is 0.289 e. The molecule has 3 aromatic rings. The molecular weight excluding hydrogens is 464 g/mol. The van der Waals surface area contributed by atoms with Gasteiger partial charge in [0.1, 0.15) is 6.54 Å². The standard InChI is InChI=1S/C22H20N4O5S2/c1-32-19-13-11-17(12-14-19)15-23-24-22(27)16-25(18-7-3-2-4-8-18)33(30,31)21-10-6-5-9-20(21)26(28)29/h2-15H,16H2,1H3,(H,24,27)/b23-15-. The number of nitrogens with one attached hydrogen (secondary N) is 1. The minimum absolute atomic E-state index is 0.183. The largest absolute Gasteiger partial charge is 0.289 e. The summed E-state index contributed by atoms with van der Waals surface area (Å²) in [6.45, 7) is -0.624. The lowest BCUT2D eigenvalue weighted by Crippen LogP contribution is -2.39. The third-order valence-corrected chi connectivity index (χ3v) is 7.04. The molecule has 3 aromatic carbocycles. The number of thioether (sulfide) groups is 1. The van der Waals surface area contributed by atoms with Crippen molar-refractivity contribution in [3.63, 3.8) is 0 Å². The van der Waals surface area contributed by atoms with Gasteiger partial charge in [0.05, 0.1) is 16.8 Å². The molecule has 0 aliphatic rings. The van der Waals surface area contributed by atoms with E-state index in [4.69, 9.17) is 0 Å². The number of hydrazone groups is 1. The minimum Gasteiger partial charge on any atom is -0.271 e. The number of anilines is 1. The fourth-order valence-electron chi connectivity index (χ4n) is 2.89. The lowest BCUT2D eigenvalue weighted by atomic mass is 10.2. The highest BCUT2D eigenvalue weighted by atomic mass is 32.2. The number of rotatable bonds is 9. The van der Waals surface area contributed by atoms with Crippen molar-refractivity contribution in [2.24, 2.45) is 5.10 Å². The lowest BCUT2D eigenvalue weighted by molar-refractivity contribution is -0.387. The Morgan fingerprint density at radius 3 is 2.33 bits per heavy atom. The first kappa shape index (κ1) is 24.0. The maximum atomic E-state index is 13.4. The molecule has 170 valence electrons. The van der Waals surface area contributed by atoms with Crippen molar-refractivity contribution in [1.29, 1.82) is 0 Å². The number of para-hydroxylation sites is 2. The first-order valence-electron chi connectivity index (χ1n) is 9.60. The predicted octanol–water partition coefficient (Wildman–Crippen LogP) is 3.66. The molecule has 0 saturated carbocycles. The van der Waals surface area contributed by atoms with Gasteiger partial charge in [-0.25, -0.2) is 13.8 Å². The van der Waals surface area contributed by atoms with Gasteiger partial charge in [-0.3, -0.25) is 19.2 Å². The summed E-state index contributed by atoms with van der Waals surface area (Å²) in [5, 5.41) is 15.3. The predicted molar refractivity (Wildman–Crippen MR) is 128 cm³/mol. The summed E-state index contributed by atoms with van der Waals surface area (Å²) >= 11 is 1.60. The first-order chi connectivity index (χ1) is 15.8. The molecule has 9 nitrogen and oxygen atoms in total. The van der Waals surface area contributed by atoms with Crippen molar-refractivity contribution < 1.29 is 18.1 Å². The Hall–Kier alpha value is -3.70. The molecular formula is C22H20N4O5S2. The Morgan fingerprint density at radius 2 is 1.70 bits per heavy atom. The van der Waals surface area contributed by atoms with Gasteiger partial charge in [0, 0.05) is 11.0 Å². The van der Waals surface area contributed by atoms with Crippen LogP contribution in [0.3, 0.4) is 0 Å². The fraction of sp³-hybridized carbons (Fsp3) is 0.0909. The second-order valence-corrected chi connectivity index (χ2v) is 9.35. The molecule has 0 aliphatic carbocycles. The highest BCUT2D eigenvalue weighted by Gasteiger charge is 2.32. The number of hydrogen-bond acceptors (Lipinski definition) is 7. The highest BCUT2D eigenvalue weighted by molar-refractivity contribution is 7.98. The number of carbonyl (C=O) groups excluding carboxylic acids is 1. The SMILES string of the molecule is CSc1ccc(/C=N\NC(=O)CN(c2ccccc2)S(=O)(=O)c2ccccc2[N+](=O)[O-])cc1. The van der Waals surface area contributed by atoms with E-state index < -0.39 is 38.0 Å². The molecule has 0 radical (unpaired) electrons. The summed E-state index contributed by atoms with van der Waals surface area (Å²) in [6, 6.07) is 20.4. The van der Waals surface area contributed by atoms with E-state index in [0.717, 1.165) is 26.9 Å². The molecule has 1 amide bonds. The molecule has 0 spiro atoms. The number of benzene rings is 3. The van der Waals surface area contributed by atoms with Crippen LogP contribution in [0.2, 0.25) is 0 Å². The molecule has 0 bridgehead atoms. The lowest BCUT2D eigenvalue weighted by Gasteiger charge is -2.23. The smallest absolute Gasteiger partial charge is 0.271 e. The number of nitrogens with zero attached hydrogens (tertiary/aromatic N) is 3. The average Bonchev–Trinajstić information content (AvgIpc) is 2.83. The molecule has 0 saturated heterocycles. The van der Waals surface area contributed by atoms with Crippen LogP contribution in [0.25, 0.3) is 0 Å². The van der Waals surface area contributed by atoms with Gasteiger partial charge < -0.3 is 0 Å². The van der Waals surface area contributed by atoms with Crippen LogP contribution in [0.15, 0.2) is 93.8 Å². The van der Waals surface area contributed by atoms with Gasteiger partial charge in [0.2, 0.25) is 0 Å². The van der Waals surface area contributed by atoms with Gasteiger partial charge in [0.25, 0.3) is 21.6 Å². The molecule has 1 N–H and O–H groups in total. The van der Waals surface area contributed by atoms with E-state index in [0.29, 0.717) is 0 Å².